The summed E-state index contributed by atoms with van der Waals surface area (Å²) in [4.78, 5) is 19.5. The first kappa shape index (κ1) is 16.9. The van der Waals surface area contributed by atoms with Gasteiger partial charge in [-0.15, -0.1) is 11.3 Å². The summed E-state index contributed by atoms with van der Waals surface area (Å²) in [5.74, 6) is 0.00549. The SMILES string of the molecule is CCC(C)N(Cc1ccccc1)C(=O)c1csc(-c2ccsc2)n1. The Morgan fingerprint density at radius 3 is 2.67 bits per heavy atom. The van der Waals surface area contributed by atoms with Crippen molar-refractivity contribution in [3.8, 4) is 10.6 Å². The van der Waals surface area contributed by atoms with Gasteiger partial charge in [-0.25, -0.2) is 4.98 Å². The van der Waals surface area contributed by atoms with Crippen molar-refractivity contribution < 1.29 is 4.79 Å². The van der Waals surface area contributed by atoms with Crippen LogP contribution in [-0.2, 0) is 6.54 Å². The number of amides is 1. The molecule has 1 aromatic carbocycles. The second-order valence-electron chi connectivity index (χ2n) is 5.73. The van der Waals surface area contributed by atoms with Crippen molar-refractivity contribution in [2.75, 3.05) is 0 Å². The van der Waals surface area contributed by atoms with Gasteiger partial charge in [0.15, 0.2) is 0 Å². The highest BCUT2D eigenvalue weighted by Gasteiger charge is 2.23. The Labute approximate surface area is 150 Å². The van der Waals surface area contributed by atoms with Crippen LogP contribution in [0.3, 0.4) is 0 Å². The lowest BCUT2D eigenvalue weighted by atomic mass is 10.1. The van der Waals surface area contributed by atoms with Crippen molar-refractivity contribution in [1.82, 2.24) is 9.88 Å². The molecule has 0 bridgehead atoms. The number of carbonyl (C=O) groups is 1. The molecule has 3 nitrogen and oxygen atoms in total. The molecule has 0 aliphatic heterocycles. The quantitative estimate of drug-likeness (QED) is 0.599. The van der Waals surface area contributed by atoms with Crippen molar-refractivity contribution in [3.05, 3.63) is 63.8 Å². The summed E-state index contributed by atoms with van der Waals surface area (Å²) >= 11 is 3.17. The van der Waals surface area contributed by atoms with Crippen molar-refractivity contribution in [1.29, 1.82) is 0 Å². The monoisotopic (exact) mass is 356 g/mol. The summed E-state index contributed by atoms with van der Waals surface area (Å²) in [7, 11) is 0. The maximum atomic E-state index is 13.0. The molecular formula is C19H20N2OS2. The molecule has 0 saturated carbocycles. The predicted octanol–water partition coefficient (Wildman–Crippen LogP) is 5.31. The third-order valence-corrected chi connectivity index (χ3v) is 5.65. The number of thiazole rings is 1. The molecule has 24 heavy (non-hydrogen) atoms. The number of hydrogen-bond donors (Lipinski definition) is 0. The van der Waals surface area contributed by atoms with E-state index >= 15 is 0 Å². The van der Waals surface area contributed by atoms with E-state index in [9.17, 15) is 4.79 Å². The van der Waals surface area contributed by atoms with Crippen LogP contribution in [-0.4, -0.2) is 21.8 Å². The molecule has 0 aliphatic rings. The zero-order valence-corrected chi connectivity index (χ0v) is 15.4. The van der Waals surface area contributed by atoms with E-state index in [1.807, 2.05) is 39.9 Å². The molecule has 2 aromatic heterocycles. The zero-order valence-electron chi connectivity index (χ0n) is 13.8. The maximum absolute atomic E-state index is 13.0. The minimum atomic E-state index is 0.00549. The third-order valence-electron chi connectivity index (χ3n) is 4.07. The van der Waals surface area contributed by atoms with Crippen LogP contribution >= 0.6 is 22.7 Å². The van der Waals surface area contributed by atoms with Crippen molar-refractivity contribution in [2.24, 2.45) is 0 Å². The molecule has 1 amide bonds. The lowest BCUT2D eigenvalue weighted by molar-refractivity contribution is 0.0666. The molecule has 1 unspecified atom stereocenters. The molecule has 124 valence electrons. The highest BCUT2D eigenvalue weighted by Crippen LogP contribution is 2.26. The van der Waals surface area contributed by atoms with Crippen molar-refractivity contribution >= 4 is 28.6 Å². The van der Waals surface area contributed by atoms with Gasteiger partial charge >= 0.3 is 0 Å². The van der Waals surface area contributed by atoms with E-state index in [0.29, 0.717) is 12.2 Å². The first-order valence-electron chi connectivity index (χ1n) is 8.02. The number of benzene rings is 1. The number of hydrogen-bond acceptors (Lipinski definition) is 4. The Balaban J connectivity index is 1.83. The van der Waals surface area contributed by atoms with Gasteiger partial charge in [-0.3, -0.25) is 4.79 Å². The van der Waals surface area contributed by atoms with Gasteiger partial charge in [0.05, 0.1) is 0 Å². The van der Waals surface area contributed by atoms with Gasteiger partial charge < -0.3 is 4.90 Å². The molecule has 0 aliphatic carbocycles. The molecule has 3 rings (SSSR count). The van der Waals surface area contributed by atoms with Gasteiger partial charge in [0.2, 0.25) is 0 Å². The number of carbonyl (C=O) groups excluding carboxylic acids is 1. The van der Waals surface area contributed by atoms with Crippen molar-refractivity contribution in [3.63, 3.8) is 0 Å². The Kier molecular flexibility index (Phi) is 5.43. The van der Waals surface area contributed by atoms with E-state index in [0.717, 1.165) is 22.6 Å². The normalized spacial score (nSPS) is 12.1. The highest BCUT2D eigenvalue weighted by molar-refractivity contribution is 7.14. The molecule has 0 radical (unpaired) electrons. The second-order valence-corrected chi connectivity index (χ2v) is 7.36. The standard InChI is InChI=1S/C19H20N2OS2/c1-3-14(2)21(11-15-7-5-4-6-8-15)19(22)17-13-24-18(20-17)16-9-10-23-12-16/h4-10,12-14H,3,11H2,1-2H3. The molecular weight excluding hydrogens is 336 g/mol. The van der Waals surface area contributed by atoms with E-state index in [2.05, 4.69) is 36.3 Å². The Bertz CT molecular complexity index is 781. The van der Waals surface area contributed by atoms with E-state index in [-0.39, 0.29) is 11.9 Å². The lowest BCUT2D eigenvalue weighted by Gasteiger charge is -2.28. The molecule has 0 saturated heterocycles. The van der Waals surface area contributed by atoms with E-state index in [4.69, 9.17) is 0 Å². The number of aromatic nitrogens is 1. The molecule has 1 atom stereocenters. The molecule has 0 N–H and O–H groups in total. The first-order valence-corrected chi connectivity index (χ1v) is 9.84. The number of thiophene rings is 1. The summed E-state index contributed by atoms with van der Waals surface area (Å²) in [5, 5.41) is 6.86. The highest BCUT2D eigenvalue weighted by atomic mass is 32.1. The van der Waals surface area contributed by atoms with Crippen LogP contribution in [0, 0.1) is 0 Å². The van der Waals surface area contributed by atoms with Crippen LogP contribution in [0.25, 0.3) is 10.6 Å². The molecule has 3 aromatic rings. The number of rotatable bonds is 6. The smallest absolute Gasteiger partial charge is 0.273 e. The Morgan fingerprint density at radius 2 is 2.00 bits per heavy atom. The van der Waals surface area contributed by atoms with Gasteiger partial charge in [-0.1, -0.05) is 37.3 Å². The van der Waals surface area contributed by atoms with Crippen LogP contribution in [0.5, 0.6) is 0 Å². The van der Waals surface area contributed by atoms with Crippen LogP contribution in [0.1, 0.15) is 36.3 Å². The summed E-state index contributed by atoms with van der Waals surface area (Å²) in [6.07, 6.45) is 0.917. The topological polar surface area (TPSA) is 33.2 Å². The molecule has 5 heteroatoms. The molecule has 0 spiro atoms. The average molecular weight is 357 g/mol. The van der Waals surface area contributed by atoms with E-state index < -0.39 is 0 Å². The first-order chi connectivity index (χ1) is 11.7. The number of nitrogens with zero attached hydrogens (tertiary/aromatic N) is 2. The van der Waals surface area contributed by atoms with E-state index in [1.54, 1.807) is 11.3 Å². The fraction of sp³-hybridized carbons (Fsp3) is 0.263. The minimum Gasteiger partial charge on any atom is -0.330 e. The molecule has 2 heterocycles. The fourth-order valence-corrected chi connectivity index (χ4v) is 3.97. The van der Waals surface area contributed by atoms with Crippen molar-refractivity contribution in [2.45, 2.75) is 32.9 Å². The zero-order chi connectivity index (χ0) is 16.9. The lowest BCUT2D eigenvalue weighted by Crippen LogP contribution is -2.38. The Morgan fingerprint density at radius 1 is 1.21 bits per heavy atom. The van der Waals surface area contributed by atoms with Gasteiger partial charge in [-0.05, 0) is 30.4 Å². The van der Waals surface area contributed by atoms with Crippen LogP contribution < -0.4 is 0 Å². The summed E-state index contributed by atoms with van der Waals surface area (Å²) in [6.45, 7) is 4.81. The fourth-order valence-electron chi connectivity index (χ4n) is 2.47. The third kappa shape index (κ3) is 3.74. The van der Waals surface area contributed by atoms with Gasteiger partial charge in [0.1, 0.15) is 10.7 Å². The van der Waals surface area contributed by atoms with Crippen LogP contribution in [0.15, 0.2) is 52.5 Å². The maximum Gasteiger partial charge on any atom is 0.273 e. The van der Waals surface area contributed by atoms with Crippen LogP contribution in [0.2, 0.25) is 0 Å². The predicted molar refractivity (Wildman–Crippen MR) is 101 cm³/mol. The van der Waals surface area contributed by atoms with Crippen LogP contribution in [0.4, 0.5) is 0 Å². The summed E-state index contributed by atoms with van der Waals surface area (Å²) in [5.41, 5.74) is 2.76. The Hall–Kier alpha value is -1.98. The van der Waals surface area contributed by atoms with Gasteiger partial charge in [0.25, 0.3) is 5.91 Å². The molecule has 0 fully saturated rings. The van der Waals surface area contributed by atoms with Gasteiger partial charge in [0, 0.05) is 28.9 Å². The van der Waals surface area contributed by atoms with Gasteiger partial charge in [-0.2, -0.15) is 11.3 Å². The average Bonchev–Trinajstić information content (AvgIpc) is 3.30. The van der Waals surface area contributed by atoms with E-state index in [1.165, 1.54) is 11.3 Å². The summed E-state index contributed by atoms with van der Waals surface area (Å²) in [6, 6.07) is 12.3. The second kappa shape index (κ2) is 7.73. The summed E-state index contributed by atoms with van der Waals surface area (Å²) < 4.78 is 0. The minimum absolute atomic E-state index is 0.00549. The largest absolute Gasteiger partial charge is 0.330 e.